The molecule has 14 heavy (non-hydrogen) atoms. The fourth-order valence-corrected chi connectivity index (χ4v) is 0.820. The Labute approximate surface area is 86.1 Å². The fourth-order valence-electron chi connectivity index (χ4n) is 0.820. The van der Waals surface area contributed by atoms with E-state index in [1.54, 1.807) is 20.8 Å². The summed E-state index contributed by atoms with van der Waals surface area (Å²) in [5.41, 5.74) is -0.587. The van der Waals surface area contributed by atoms with Crippen LogP contribution < -0.4 is 10.6 Å². The van der Waals surface area contributed by atoms with Crippen molar-refractivity contribution in [1.82, 2.24) is 10.6 Å². The highest BCUT2D eigenvalue weighted by Crippen LogP contribution is 2.07. The van der Waals surface area contributed by atoms with Gasteiger partial charge in [0.2, 0.25) is 0 Å². The molecule has 0 saturated heterocycles. The Morgan fingerprint density at radius 1 is 1.50 bits per heavy atom. The third-order valence-corrected chi connectivity index (χ3v) is 2.30. The highest BCUT2D eigenvalue weighted by atomic mass is 16.3. The lowest BCUT2D eigenvalue weighted by molar-refractivity contribution is 0.101. The SMILES string of the molecule is CCCCNC(=O)NC(C)(C)C(C)O. The maximum atomic E-state index is 11.3. The normalized spacial score (nSPS) is 13.5. The van der Waals surface area contributed by atoms with Gasteiger partial charge in [-0.3, -0.25) is 0 Å². The molecule has 0 aromatic rings. The molecular weight excluding hydrogens is 180 g/mol. The minimum Gasteiger partial charge on any atom is -0.391 e. The topological polar surface area (TPSA) is 61.4 Å². The Bertz CT molecular complexity index is 179. The first kappa shape index (κ1) is 13.2. The molecule has 1 unspecified atom stereocenters. The van der Waals surface area contributed by atoms with Crippen molar-refractivity contribution in [3.05, 3.63) is 0 Å². The second-order valence-electron chi connectivity index (χ2n) is 4.13. The molecule has 0 aromatic heterocycles. The van der Waals surface area contributed by atoms with Gasteiger partial charge in [-0.25, -0.2) is 4.79 Å². The van der Waals surface area contributed by atoms with Crippen molar-refractivity contribution in [3.63, 3.8) is 0 Å². The largest absolute Gasteiger partial charge is 0.391 e. The summed E-state index contributed by atoms with van der Waals surface area (Å²) >= 11 is 0. The molecule has 0 radical (unpaired) electrons. The molecule has 3 N–H and O–H groups in total. The summed E-state index contributed by atoms with van der Waals surface area (Å²) in [5.74, 6) is 0. The summed E-state index contributed by atoms with van der Waals surface area (Å²) in [7, 11) is 0. The fraction of sp³-hybridized carbons (Fsp3) is 0.900. The first-order valence-corrected chi connectivity index (χ1v) is 5.14. The molecule has 0 rings (SSSR count). The highest BCUT2D eigenvalue weighted by molar-refractivity contribution is 5.74. The molecule has 0 aliphatic rings. The van der Waals surface area contributed by atoms with Crippen LogP contribution in [0, 0.1) is 0 Å². The molecule has 4 heteroatoms. The van der Waals surface area contributed by atoms with Gasteiger partial charge < -0.3 is 15.7 Å². The van der Waals surface area contributed by atoms with Crippen molar-refractivity contribution in [1.29, 1.82) is 0 Å². The Balaban J connectivity index is 3.82. The third-order valence-electron chi connectivity index (χ3n) is 2.30. The van der Waals surface area contributed by atoms with Crippen LogP contribution in [0.5, 0.6) is 0 Å². The number of urea groups is 1. The van der Waals surface area contributed by atoms with Crippen LogP contribution >= 0.6 is 0 Å². The lowest BCUT2D eigenvalue weighted by atomic mass is 9.99. The molecular formula is C10H22N2O2. The molecule has 84 valence electrons. The van der Waals surface area contributed by atoms with Gasteiger partial charge in [-0.05, 0) is 27.2 Å². The first-order chi connectivity index (χ1) is 6.40. The standard InChI is InChI=1S/C10H22N2O2/c1-5-6-7-11-9(14)12-10(3,4)8(2)13/h8,13H,5-7H2,1-4H3,(H2,11,12,14). The van der Waals surface area contributed by atoms with E-state index in [0.717, 1.165) is 12.8 Å². The van der Waals surface area contributed by atoms with Gasteiger partial charge in [0.25, 0.3) is 0 Å². The molecule has 0 bridgehead atoms. The van der Waals surface area contributed by atoms with Gasteiger partial charge in [0.15, 0.2) is 0 Å². The molecule has 2 amide bonds. The molecule has 0 fully saturated rings. The molecule has 0 saturated carbocycles. The predicted molar refractivity (Wildman–Crippen MR) is 57.2 cm³/mol. The van der Waals surface area contributed by atoms with E-state index in [-0.39, 0.29) is 6.03 Å². The van der Waals surface area contributed by atoms with E-state index in [1.165, 1.54) is 0 Å². The predicted octanol–water partition coefficient (Wildman–Crippen LogP) is 1.25. The van der Waals surface area contributed by atoms with Crippen LogP contribution in [0.15, 0.2) is 0 Å². The second kappa shape index (κ2) is 5.86. The van der Waals surface area contributed by atoms with Crippen LogP contribution in [-0.4, -0.2) is 29.3 Å². The molecule has 0 aliphatic carbocycles. The number of hydrogen-bond acceptors (Lipinski definition) is 2. The summed E-state index contributed by atoms with van der Waals surface area (Å²) in [6.07, 6.45) is 1.46. The zero-order valence-electron chi connectivity index (χ0n) is 9.55. The van der Waals surface area contributed by atoms with E-state index in [4.69, 9.17) is 0 Å². The quantitative estimate of drug-likeness (QED) is 0.587. The van der Waals surface area contributed by atoms with E-state index in [0.29, 0.717) is 6.54 Å². The molecule has 0 spiro atoms. The number of unbranched alkanes of at least 4 members (excludes halogenated alkanes) is 1. The summed E-state index contributed by atoms with van der Waals surface area (Å²) < 4.78 is 0. The summed E-state index contributed by atoms with van der Waals surface area (Å²) in [5, 5.41) is 14.8. The van der Waals surface area contributed by atoms with Gasteiger partial charge in [-0.1, -0.05) is 13.3 Å². The highest BCUT2D eigenvalue weighted by Gasteiger charge is 2.25. The van der Waals surface area contributed by atoms with Gasteiger partial charge in [-0.2, -0.15) is 0 Å². The Hall–Kier alpha value is -0.770. The molecule has 1 atom stereocenters. The van der Waals surface area contributed by atoms with Gasteiger partial charge in [0.1, 0.15) is 0 Å². The van der Waals surface area contributed by atoms with Crippen molar-refractivity contribution in [2.24, 2.45) is 0 Å². The van der Waals surface area contributed by atoms with Crippen LogP contribution in [0.25, 0.3) is 0 Å². The third kappa shape index (κ3) is 5.07. The average Bonchev–Trinajstić information content (AvgIpc) is 2.03. The number of hydrogen-bond donors (Lipinski definition) is 3. The van der Waals surface area contributed by atoms with Crippen molar-refractivity contribution in [2.75, 3.05) is 6.54 Å². The van der Waals surface area contributed by atoms with Gasteiger partial charge in [0.05, 0.1) is 11.6 Å². The van der Waals surface area contributed by atoms with Crippen molar-refractivity contribution in [2.45, 2.75) is 52.2 Å². The summed E-state index contributed by atoms with van der Waals surface area (Å²) in [6, 6.07) is -0.218. The molecule has 0 heterocycles. The monoisotopic (exact) mass is 202 g/mol. The summed E-state index contributed by atoms with van der Waals surface area (Å²) in [4.78, 5) is 11.3. The van der Waals surface area contributed by atoms with Gasteiger partial charge in [-0.15, -0.1) is 0 Å². The Morgan fingerprint density at radius 2 is 2.07 bits per heavy atom. The van der Waals surface area contributed by atoms with E-state index in [1.807, 2.05) is 0 Å². The number of carbonyl (C=O) groups excluding carboxylic acids is 1. The zero-order valence-corrected chi connectivity index (χ0v) is 9.55. The van der Waals surface area contributed by atoms with E-state index in [9.17, 15) is 9.90 Å². The maximum absolute atomic E-state index is 11.3. The minimum absolute atomic E-state index is 0.218. The lowest BCUT2D eigenvalue weighted by Gasteiger charge is -2.29. The lowest BCUT2D eigenvalue weighted by Crippen LogP contribution is -2.54. The van der Waals surface area contributed by atoms with Gasteiger partial charge >= 0.3 is 6.03 Å². The van der Waals surface area contributed by atoms with Crippen LogP contribution in [0.4, 0.5) is 4.79 Å². The number of amides is 2. The van der Waals surface area contributed by atoms with E-state index < -0.39 is 11.6 Å². The van der Waals surface area contributed by atoms with Crippen LogP contribution in [0.3, 0.4) is 0 Å². The van der Waals surface area contributed by atoms with Crippen molar-refractivity contribution in [3.8, 4) is 0 Å². The number of aliphatic hydroxyl groups is 1. The average molecular weight is 202 g/mol. The molecule has 0 aliphatic heterocycles. The molecule has 4 nitrogen and oxygen atoms in total. The zero-order chi connectivity index (χ0) is 11.2. The minimum atomic E-state index is -0.587. The summed E-state index contributed by atoms with van der Waals surface area (Å²) in [6.45, 7) is 7.98. The number of nitrogens with one attached hydrogen (secondary N) is 2. The Morgan fingerprint density at radius 3 is 2.50 bits per heavy atom. The number of carbonyl (C=O) groups is 1. The van der Waals surface area contributed by atoms with Crippen LogP contribution in [-0.2, 0) is 0 Å². The maximum Gasteiger partial charge on any atom is 0.315 e. The van der Waals surface area contributed by atoms with E-state index >= 15 is 0 Å². The first-order valence-electron chi connectivity index (χ1n) is 5.14. The van der Waals surface area contributed by atoms with Crippen molar-refractivity contribution >= 4 is 6.03 Å². The Kier molecular flexibility index (Phi) is 5.53. The van der Waals surface area contributed by atoms with Gasteiger partial charge in [0, 0.05) is 6.54 Å². The van der Waals surface area contributed by atoms with Crippen LogP contribution in [0.1, 0.15) is 40.5 Å². The molecule has 0 aromatic carbocycles. The second-order valence-corrected chi connectivity index (χ2v) is 4.13. The smallest absolute Gasteiger partial charge is 0.315 e. The number of aliphatic hydroxyl groups excluding tert-OH is 1. The number of rotatable bonds is 5. The van der Waals surface area contributed by atoms with Crippen molar-refractivity contribution < 1.29 is 9.90 Å². The van der Waals surface area contributed by atoms with E-state index in [2.05, 4.69) is 17.6 Å². The van der Waals surface area contributed by atoms with Crippen LogP contribution in [0.2, 0.25) is 0 Å².